The molecule has 1 nitrogen and oxygen atoms in total. The molecular formula is C15H25N. The molecule has 0 fully saturated rings. The fourth-order valence-electron chi connectivity index (χ4n) is 2.28. The zero-order valence-corrected chi connectivity index (χ0v) is 10.7. The molecule has 1 rings (SSSR count). The Morgan fingerprint density at radius 2 is 1.69 bits per heavy atom. The Hall–Kier alpha value is -0.820. The Bertz CT molecular complexity index is 268. The lowest BCUT2D eigenvalue weighted by Crippen LogP contribution is -2.28. The van der Waals surface area contributed by atoms with E-state index in [2.05, 4.69) is 44.2 Å². The van der Waals surface area contributed by atoms with Crippen molar-refractivity contribution in [2.45, 2.75) is 57.9 Å². The quantitative estimate of drug-likeness (QED) is 0.734. The molecule has 0 bridgehead atoms. The molecule has 0 amide bonds. The minimum Gasteiger partial charge on any atom is -0.327 e. The largest absolute Gasteiger partial charge is 0.327 e. The van der Waals surface area contributed by atoms with Gasteiger partial charge < -0.3 is 5.73 Å². The van der Waals surface area contributed by atoms with Crippen LogP contribution in [0.25, 0.3) is 0 Å². The van der Waals surface area contributed by atoms with E-state index in [9.17, 15) is 0 Å². The highest BCUT2D eigenvalue weighted by Crippen LogP contribution is 2.26. The van der Waals surface area contributed by atoms with Gasteiger partial charge in [-0.05, 0) is 24.3 Å². The number of benzene rings is 1. The highest BCUT2D eigenvalue weighted by atomic mass is 14.6. The highest BCUT2D eigenvalue weighted by molar-refractivity contribution is 5.21. The average Bonchev–Trinajstić information content (AvgIpc) is 2.34. The first-order valence-corrected chi connectivity index (χ1v) is 6.60. The number of nitrogens with two attached hydrogens (primary N) is 1. The van der Waals surface area contributed by atoms with E-state index in [1.165, 1.54) is 31.2 Å². The van der Waals surface area contributed by atoms with Crippen LogP contribution in [0.2, 0.25) is 0 Å². The van der Waals surface area contributed by atoms with Gasteiger partial charge in [-0.3, -0.25) is 0 Å². The lowest BCUT2D eigenvalue weighted by atomic mass is 9.86. The fraction of sp³-hybridized carbons (Fsp3) is 0.600. The van der Waals surface area contributed by atoms with Crippen LogP contribution >= 0.6 is 0 Å². The van der Waals surface area contributed by atoms with Crippen LogP contribution in [-0.2, 0) is 0 Å². The third kappa shape index (κ3) is 3.97. The van der Waals surface area contributed by atoms with E-state index in [1.807, 2.05) is 0 Å². The van der Waals surface area contributed by atoms with Gasteiger partial charge in [-0.1, -0.05) is 63.4 Å². The molecule has 0 unspecified atom stereocenters. The molecule has 2 N–H and O–H groups in total. The topological polar surface area (TPSA) is 26.0 Å². The zero-order valence-electron chi connectivity index (χ0n) is 10.7. The number of rotatable bonds is 7. The van der Waals surface area contributed by atoms with Crippen LogP contribution in [0.15, 0.2) is 30.3 Å². The molecule has 0 spiro atoms. The third-order valence-electron chi connectivity index (χ3n) is 3.24. The highest BCUT2D eigenvalue weighted by Gasteiger charge is 2.17. The van der Waals surface area contributed by atoms with Crippen molar-refractivity contribution in [3.8, 4) is 0 Å². The molecule has 0 heterocycles. The van der Waals surface area contributed by atoms with Crippen LogP contribution in [0.1, 0.15) is 57.4 Å². The standard InChI is InChI=1S/C15H25N/c1-3-5-12-15(16)14(9-4-2)13-10-7-6-8-11-13/h6-8,10-11,14-15H,3-5,9,12,16H2,1-2H3/t14-,15-/m1/s1. The van der Waals surface area contributed by atoms with Crippen molar-refractivity contribution >= 4 is 0 Å². The van der Waals surface area contributed by atoms with Gasteiger partial charge in [0, 0.05) is 6.04 Å². The van der Waals surface area contributed by atoms with Gasteiger partial charge in [-0.2, -0.15) is 0 Å². The molecule has 16 heavy (non-hydrogen) atoms. The summed E-state index contributed by atoms with van der Waals surface area (Å²) in [6.45, 7) is 4.46. The third-order valence-corrected chi connectivity index (χ3v) is 3.24. The number of unbranched alkanes of at least 4 members (excludes halogenated alkanes) is 1. The first-order valence-electron chi connectivity index (χ1n) is 6.60. The molecule has 90 valence electrons. The summed E-state index contributed by atoms with van der Waals surface area (Å²) in [6, 6.07) is 11.1. The Kier molecular flexibility index (Phi) is 6.17. The minimum absolute atomic E-state index is 0.322. The molecule has 0 saturated heterocycles. The van der Waals surface area contributed by atoms with Crippen LogP contribution in [-0.4, -0.2) is 6.04 Å². The van der Waals surface area contributed by atoms with Crippen LogP contribution in [0.3, 0.4) is 0 Å². The summed E-state index contributed by atoms with van der Waals surface area (Å²) < 4.78 is 0. The SMILES string of the molecule is CCCC[C@@H](N)[C@H](CCC)c1ccccc1. The summed E-state index contributed by atoms with van der Waals surface area (Å²) in [5.74, 6) is 0.540. The number of hydrogen-bond donors (Lipinski definition) is 1. The Balaban J connectivity index is 2.66. The van der Waals surface area contributed by atoms with E-state index >= 15 is 0 Å². The maximum absolute atomic E-state index is 6.32. The van der Waals surface area contributed by atoms with Gasteiger partial charge in [0.1, 0.15) is 0 Å². The Morgan fingerprint density at radius 3 is 2.25 bits per heavy atom. The maximum Gasteiger partial charge on any atom is 0.0108 e. The van der Waals surface area contributed by atoms with E-state index in [1.54, 1.807) is 0 Å². The molecule has 0 aliphatic rings. The Morgan fingerprint density at radius 1 is 1.00 bits per heavy atom. The van der Waals surface area contributed by atoms with Crippen molar-refractivity contribution < 1.29 is 0 Å². The zero-order chi connectivity index (χ0) is 11.8. The van der Waals surface area contributed by atoms with E-state index < -0.39 is 0 Å². The van der Waals surface area contributed by atoms with Crippen molar-refractivity contribution in [3.63, 3.8) is 0 Å². The van der Waals surface area contributed by atoms with Crippen LogP contribution in [0.4, 0.5) is 0 Å². The first-order chi connectivity index (χ1) is 7.79. The summed E-state index contributed by atoms with van der Waals surface area (Å²) in [5, 5.41) is 0. The van der Waals surface area contributed by atoms with E-state index in [-0.39, 0.29) is 0 Å². The molecule has 1 heteroatoms. The van der Waals surface area contributed by atoms with Gasteiger partial charge in [0.05, 0.1) is 0 Å². The van der Waals surface area contributed by atoms with Gasteiger partial charge in [0.2, 0.25) is 0 Å². The summed E-state index contributed by atoms with van der Waals surface area (Å²) in [6.07, 6.45) is 6.04. The summed E-state index contributed by atoms with van der Waals surface area (Å²) in [5.41, 5.74) is 7.73. The van der Waals surface area contributed by atoms with Gasteiger partial charge in [0.25, 0.3) is 0 Å². The van der Waals surface area contributed by atoms with E-state index in [4.69, 9.17) is 5.73 Å². The van der Waals surface area contributed by atoms with Gasteiger partial charge in [-0.15, -0.1) is 0 Å². The second kappa shape index (κ2) is 7.45. The summed E-state index contributed by atoms with van der Waals surface area (Å²) in [4.78, 5) is 0. The monoisotopic (exact) mass is 219 g/mol. The fourth-order valence-corrected chi connectivity index (χ4v) is 2.28. The van der Waals surface area contributed by atoms with Gasteiger partial charge >= 0.3 is 0 Å². The van der Waals surface area contributed by atoms with Crippen LogP contribution in [0, 0.1) is 0 Å². The molecule has 0 aliphatic heterocycles. The predicted molar refractivity (Wildman–Crippen MR) is 71.6 cm³/mol. The minimum atomic E-state index is 0.322. The second-order valence-corrected chi connectivity index (χ2v) is 4.61. The van der Waals surface area contributed by atoms with Crippen molar-refractivity contribution in [1.29, 1.82) is 0 Å². The molecule has 2 atom stereocenters. The van der Waals surface area contributed by atoms with Crippen LogP contribution in [0.5, 0.6) is 0 Å². The van der Waals surface area contributed by atoms with Crippen molar-refractivity contribution in [2.24, 2.45) is 5.73 Å². The lowest BCUT2D eigenvalue weighted by Gasteiger charge is -2.24. The van der Waals surface area contributed by atoms with E-state index in [0.29, 0.717) is 12.0 Å². The van der Waals surface area contributed by atoms with Crippen LogP contribution < -0.4 is 5.73 Å². The molecule has 0 aromatic heterocycles. The second-order valence-electron chi connectivity index (χ2n) is 4.61. The summed E-state index contributed by atoms with van der Waals surface area (Å²) in [7, 11) is 0. The smallest absolute Gasteiger partial charge is 0.0108 e. The predicted octanol–water partition coefficient (Wildman–Crippen LogP) is 4.09. The average molecular weight is 219 g/mol. The lowest BCUT2D eigenvalue weighted by molar-refractivity contribution is 0.456. The van der Waals surface area contributed by atoms with Gasteiger partial charge in [-0.25, -0.2) is 0 Å². The molecule has 0 radical (unpaired) electrons. The molecule has 0 saturated carbocycles. The summed E-state index contributed by atoms with van der Waals surface area (Å²) >= 11 is 0. The molecule has 0 aliphatic carbocycles. The normalized spacial score (nSPS) is 14.7. The van der Waals surface area contributed by atoms with E-state index in [0.717, 1.165) is 6.42 Å². The molecular weight excluding hydrogens is 194 g/mol. The van der Waals surface area contributed by atoms with Crippen molar-refractivity contribution in [1.82, 2.24) is 0 Å². The van der Waals surface area contributed by atoms with Crippen molar-refractivity contribution in [2.75, 3.05) is 0 Å². The van der Waals surface area contributed by atoms with Gasteiger partial charge in [0.15, 0.2) is 0 Å². The van der Waals surface area contributed by atoms with Crippen molar-refractivity contribution in [3.05, 3.63) is 35.9 Å². The Labute approximate surface area is 100 Å². The first kappa shape index (κ1) is 13.2. The number of hydrogen-bond acceptors (Lipinski definition) is 1. The molecule has 1 aromatic rings. The molecule has 1 aromatic carbocycles. The maximum atomic E-state index is 6.32.